The Labute approximate surface area is 146 Å². The molecule has 2 rings (SSSR count). The molecular weight excluding hydrogens is 324 g/mol. The third-order valence-electron chi connectivity index (χ3n) is 3.41. The summed E-state index contributed by atoms with van der Waals surface area (Å²) < 4.78 is 15.8. The normalized spacial score (nSPS) is 11.6. The van der Waals surface area contributed by atoms with Gasteiger partial charge >= 0.3 is 11.8 Å². The Hall–Kier alpha value is -2.80. The van der Waals surface area contributed by atoms with Gasteiger partial charge < -0.3 is 24.5 Å². The number of hydrogen-bond acceptors (Lipinski definition) is 5. The minimum Gasteiger partial charge on any atom is -0.491 e. The molecule has 1 aromatic carbocycles. The van der Waals surface area contributed by atoms with Crippen LogP contribution in [0.4, 0.5) is 5.69 Å². The Bertz CT molecular complexity index is 709. The third-order valence-corrected chi connectivity index (χ3v) is 3.41. The Morgan fingerprint density at radius 1 is 1.08 bits per heavy atom. The smallest absolute Gasteiger partial charge is 0.313 e. The van der Waals surface area contributed by atoms with Gasteiger partial charge in [0.2, 0.25) is 0 Å². The van der Waals surface area contributed by atoms with E-state index in [2.05, 4.69) is 10.6 Å². The van der Waals surface area contributed by atoms with Crippen LogP contribution in [0.2, 0.25) is 0 Å². The van der Waals surface area contributed by atoms with Crippen molar-refractivity contribution in [2.45, 2.75) is 19.9 Å². The number of carbonyl (C=O) groups is 2. The molecule has 1 atom stereocenters. The van der Waals surface area contributed by atoms with Gasteiger partial charge in [0.05, 0.1) is 12.6 Å². The number of methoxy groups -OCH3 is 1. The molecule has 0 unspecified atom stereocenters. The summed E-state index contributed by atoms with van der Waals surface area (Å²) in [4.78, 5) is 24.0. The molecule has 25 heavy (non-hydrogen) atoms. The number of aryl methyl sites for hydroxylation is 1. The standard InChI is InChI=1S/C18H22N2O5/c1-12-4-9-16(25-12)13(2)19-17(21)18(22)20-14-5-7-15(8-6-14)24-11-10-23-3/h4-9,13H,10-11H2,1-3H3,(H,19,21)(H,20,22)/t13-/m0/s1. The monoisotopic (exact) mass is 346 g/mol. The van der Waals surface area contributed by atoms with E-state index in [1.54, 1.807) is 50.4 Å². The molecule has 7 heteroatoms. The van der Waals surface area contributed by atoms with Crippen LogP contribution in [0.1, 0.15) is 24.5 Å². The van der Waals surface area contributed by atoms with E-state index in [1.807, 2.05) is 6.92 Å². The maximum atomic E-state index is 12.0. The molecule has 0 aliphatic heterocycles. The van der Waals surface area contributed by atoms with Crippen molar-refractivity contribution in [3.63, 3.8) is 0 Å². The van der Waals surface area contributed by atoms with Crippen LogP contribution in [-0.2, 0) is 14.3 Å². The lowest BCUT2D eigenvalue weighted by Crippen LogP contribution is -2.36. The minimum atomic E-state index is -0.747. The first-order chi connectivity index (χ1) is 12.0. The van der Waals surface area contributed by atoms with E-state index in [0.717, 1.165) is 5.76 Å². The number of rotatable bonds is 7. The van der Waals surface area contributed by atoms with Crippen LogP contribution in [-0.4, -0.2) is 32.1 Å². The predicted molar refractivity (Wildman–Crippen MR) is 92.4 cm³/mol. The van der Waals surface area contributed by atoms with Gasteiger partial charge in [0.25, 0.3) is 0 Å². The molecular formula is C18H22N2O5. The molecule has 1 aromatic heterocycles. The van der Waals surface area contributed by atoms with E-state index in [-0.39, 0.29) is 0 Å². The zero-order chi connectivity index (χ0) is 18.2. The Balaban J connectivity index is 1.85. The second-order valence-electron chi connectivity index (χ2n) is 5.46. The summed E-state index contributed by atoms with van der Waals surface area (Å²) in [6.45, 7) is 4.49. The highest BCUT2D eigenvalue weighted by Crippen LogP contribution is 2.17. The van der Waals surface area contributed by atoms with Crippen molar-refractivity contribution >= 4 is 17.5 Å². The number of benzene rings is 1. The van der Waals surface area contributed by atoms with Crippen LogP contribution in [0, 0.1) is 6.92 Å². The molecule has 0 bridgehead atoms. The summed E-state index contributed by atoms with van der Waals surface area (Å²) in [6, 6.07) is 9.90. The van der Waals surface area contributed by atoms with Crippen LogP contribution < -0.4 is 15.4 Å². The van der Waals surface area contributed by atoms with Gasteiger partial charge in [-0.3, -0.25) is 9.59 Å². The van der Waals surface area contributed by atoms with E-state index in [9.17, 15) is 9.59 Å². The first-order valence-electron chi connectivity index (χ1n) is 7.89. The first kappa shape index (κ1) is 18.5. The fourth-order valence-corrected chi connectivity index (χ4v) is 2.08. The molecule has 7 nitrogen and oxygen atoms in total. The largest absolute Gasteiger partial charge is 0.491 e. The molecule has 2 aromatic rings. The minimum absolute atomic E-state index is 0.400. The quantitative estimate of drug-likeness (QED) is 0.594. The number of nitrogens with one attached hydrogen (secondary N) is 2. The maximum absolute atomic E-state index is 12.0. The second-order valence-corrected chi connectivity index (χ2v) is 5.46. The van der Waals surface area contributed by atoms with E-state index >= 15 is 0 Å². The summed E-state index contributed by atoms with van der Waals surface area (Å²) in [6.07, 6.45) is 0. The molecule has 0 saturated heterocycles. The SMILES string of the molecule is COCCOc1ccc(NC(=O)C(=O)N[C@@H](C)c2ccc(C)o2)cc1. The molecule has 0 spiro atoms. The zero-order valence-corrected chi connectivity index (χ0v) is 14.5. The third kappa shape index (κ3) is 5.65. The van der Waals surface area contributed by atoms with E-state index in [1.165, 1.54) is 0 Å². The number of furan rings is 1. The number of amides is 2. The highest BCUT2D eigenvalue weighted by molar-refractivity contribution is 6.39. The highest BCUT2D eigenvalue weighted by Gasteiger charge is 2.18. The molecule has 0 aliphatic carbocycles. The lowest BCUT2D eigenvalue weighted by molar-refractivity contribution is -0.136. The average molecular weight is 346 g/mol. The van der Waals surface area contributed by atoms with Gasteiger partial charge in [-0.25, -0.2) is 0 Å². The summed E-state index contributed by atoms with van der Waals surface area (Å²) >= 11 is 0. The van der Waals surface area contributed by atoms with E-state index in [4.69, 9.17) is 13.9 Å². The van der Waals surface area contributed by atoms with E-state index in [0.29, 0.717) is 30.4 Å². The van der Waals surface area contributed by atoms with Crippen LogP contribution in [0.15, 0.2) is 40.8 Å². The Morgan fingerprint density at radius 3 is 2.40 bits per heavy atom. The molecule has 0 radical (unpaired) electrons. The summed E-state index contributed by atoms with van der Waals surface area (Å²) in [7, 11) is 1.60. The lowest BCUT2D eigenvalue weighted by Gasteiger charge is -2.12. The summed E-state index contributed by atoms with van der Waals surface area (Å²) in [5, 5.41) is 5.13. The van der Waals surface area contributed by atoms with Crippen molar-refractivity contribution in [3.05, 3.63) is 47.9 Å². The van der Waals surface area contributed by atoms with Crippen molar-refractivity contribution in [1.82, 2.24) is 5.32 Å². The van der Waals surface area contributed by atoms with E-state index < -0.39 is 17.9 Å². The summed E-state index contributed by atoms with van der Waals surface area (Å²) in [5.41, 5.74) is 0.501. The fraction of sp³-hybridized carbons (Fsp3) is 0.333. The topological polar surface area (TPSA) is 89.8 Å². The summed E-state index contributed by atoms with van der Waals surface area (Å²) in [5.74, 6) is 0.510. The van der Waals surface area contributed by atoms with Gasteiger partial charge in [-0.05, 0) is 50.2 Å². The molecule has 1 heterocycles. The molecule has 0 aliphatic rings. The zero-order valence-electron chi connectivity index (χ0n) is 14.5. The number of ether oxygens (including phenoxy) is 2. The van der Waals surface area contributed by atoms with Gasteiger partial charge in [0.15, 0.2) is 0 Å². The first-order valence-corrected chi connectivity index (χ1v) is 7.89. The van der Waals surface area contributed by atoms with Crippen LogP contribution >= 0.6 is 0 Å². The fourth-order valence-electron chi connectivity index (χ4n) is 2.08. The molecule has 134 valence electrons. The van der Waals surface area contributed by atoms with Gasteiger partial charge in [-0.1, -0.05) is 0 Å². The van der Waals surface area contributed by atoms with Gasteiger partial charge in [-0.15, -0.1) is 0 Å². The molecule has 0 fully saturated rings. The average Bonchev–Trinajstić information content (AvgIpc) is 3.03. The maximum Gasteiger partial charge on any atom is 0.313 e. The second kappa shape index (κ2) is 8.89. The van der Waals surface area contributed by atoms with Crippen LogP contribution in [0.25, 0.3) is 0 Å². The van der Waals surface area contributed by atoms with Gasteiger partial charge in [0.1, 0.15) is 23.9 Å². The predicted octanol–water partition coefficient (Wildman–Crippen LogP) is 2.43. The Morgan fingerprint density at radius 2 is 1.80 bits per heavy atom. The highest BCUT2D eigenvalue weighted by atomic mass is 16.5. The van der Waals surface area contributed by atoms with Gasteiger partial charge in [-0.2, -0.15) is 0 Å². The number of anilines is 1. The molecule has 2 amide bonds. The Kier molecular flexibility index (Phi) is 6.59. The van der Waals surface area contributed by atoms with Crippen molar-refractivity contribution < 1.29 is 23.5 Å². The number of hydrogen-bond donors (Lipinski definition) is 2. The molecule has 0 saturated carbocycles. The number of carbonyl (C=O) groups excluding carboxylic acids is 2. The van der Waals surface area contributed by atoms with Gasteiger partial charge in [0, 0.05) is 12.8 Å². The van der Waals surface area contributed by atoms with Crippen LogP contribution in [0.3, 0.4) is 0 Å². The van der Waals surface area contributed by atoms with Crippen molar-refractivity contribution in [1.29, 1.82) is 0 Å². The van der Waals surface area contributed by atoms with Crippen molar-refractivity contribution in [2.24, 2.45) is 0 Å². The van der Waals surface area contributed by atoms with Crippen molar-refractivity contribution in [3.8, 4) is 5.75 Å². The van der Waals surface area contributed by atoms with Crippen molar-refractivity contribution in [2.75, 3.05) is 25.6 Å². The molecule has 2 N–H and O–H groups in total. The lowest BCUT2D eigenvalue weighted by atomic mass is 10.2. The van der Waals surface area contributed by atoms with Crippen LogP contribution in [0.5, 0.6) is 5.75 Å².